The minimum Gasteiger partial charge on any atom is -0.419 e. The molecule has 0 aromatic heterocycles. The van der Waals surface area contributed by atoms with Crippen LogP contribution in [0, 0.1) is 0 Å². The maximum absolute atomic E-state index is 5.98. The van der Waals surface area contributed by atoms with E-state index in [1.165, 1.54) is 32.1 Å². The molecule has 0 aromatic rings. The van der Waals surface area contributed by atoms with Crippen molar-refractivity contribution in [1.29, 1.82) is 0 Å². The molecule has 0 spiro atoms. The van der Waals surface area contributed by atoms with Crippen LogP contribution < -0.4 is 0 Å². The van der Waals surface area contributed by atoms with Crippen molar-refractivity contribution in [2.24, 2.45) is 0 Å². The molecular formula is C12H27O3Si2. The third-order valence-corrected chi connectivity index (χ3v) is 6.79. The van der Waals surface area contributed by atoms with Gasteiger partial charge >= 0.3 is 9.53 Å². The fraction of sp³-hybridized carbons (Fsp3) is 1.00. The normalized spacial score (nSPS) is 18.5. The summed E-state index contributed by atoms with van der Waals surface area (Å²) in [6.07, 6.45) is 9.05. The first-order valence-corrected chi connectivity index (χ1v) is 9.74. The molecule has 0 aliphatic heterocycles. The van der Waals surface area contributed by atoms with E-state index in [1.54, 1.807) is 0 Å². The van der Waals surface area contributed by atoms with Gasteiger partial charge in [0.15, 0.2) is 9.76 Å². The van der Waals surface area contributed by atoms with Crippen molar-refractivity contribution in [2.45, 2.75) is 64.3 Å². The van der Waals surface area contributed by atoms with E-state index >= 15 is 0 Å². The highest BCUT2D eigenvalue weighted by Gasteiger charge is 2.22. The van der Waals surface area contributed by atoms with Crippen molar-refractivity contribution < 1.29 is 13.0 Å². The van der Waals surface area contributed by atoms with Crippen LogP contribution in [0.1, 0.15) is 58.8 Å². The minimum absolute atomic E-state index is 0.443. The third-order valence-electron chi connectivity index (χ3n) is 3.01. The van der Waals surface area contributed by atoms with E-state index in [9.17, 15) is 0 Å². The highest BCUT2D eigenvalue weighted by atomic mass is 28.4. The molecular weight excluding hydrogens is 248 g/mol. The van der Waals surface area contributed by atoms with Gasteiger partial charge in [0.05, 0.1) is 0 Å². The van der Waals surface area contributed by atoms with Crippen molar-refractivity contribution in [1.82, 2.24) is 0 Å². The van der Waals surface area contributed by atoms with E-state index in [2.05, 4.69) is 13.8 Å². The summed E-state index contributed by atoms with van der Waals surface area (Å²) in [7, 11) is -1.85. The molecule has 1 aliphatic rings. The zero-order valence-corrected chi connectivity index (χ0v) is 13.8. The summed E-state index contributed by atoms with van der Waals surface area (Å²) >= 11 is 0. The van der Waals surface area contributed by atoms with E-state index in [0.717, 1.165) is 31.6 Å². The maximum Gasteiger partial charge on any atom is 0.566 e. The van der Waals surface area contributed by atoms with Gasteiger partial charge in [-0.3, -0.25) is 0 Å². The van der Waals surface area contributed by atoms with E-state index < -0.39 is 19.3 Å². The summed E-state index contributed by atoms with van der Waals surface area (Å²) in [6, 6.07) is 0. The van der Waals surface area contributed by atoms with Crippen LogP contribution in [0.5, 0.6) is 0 Å². The summed E-state index contributed by atoms with van der Waals surface area (Å²) in [6.45, 7) is 5.80. The monoisotopic (exact) mass is 275 g/mol. The van der Waals surface area contributed by atoms with Crippen LogP contribution in [-0.4, -0.2) is 32.5 Å². The van der Waals surface area contributed by atoms with Gasteiger partial charge in [-0.2, -0.15) is 0 Å². The van der Waals surface area contributed by atoms with Gasteiger partial charge in [-0.05, 0) is 18.4 Å². The van der Waals surface area contributed by atoms with Crippen LogP contribution in [0.2, 0.25) is 5.54 Å². The van der Waals surface area contributed by atoms with Crippen LogP contribution in [0.3, 0.4) is 0 Å². The average molecular weight is 276 g/mol. The highest BCUT2D eigenvalue weighted by Crippen LogP contribution is 2.27. The molecule has 1 aliphatic carbocycles. The molecule has 17 heavy (non-hydrogen) atoms. The summed E-state index contributed by atoms with van der Waals surface area (Å²) in [4.78, 5) is 0. The van der Waals surface area contributed by atoms with Crippen molar-refractivity contribution in [3.05, 3.63) is 0 Å². The van der Waals surface area contributed by atoms with Crippen LogP contribution in [0.4, 0.5) is 0 Å². The smallest absolute Gasteiger partial charge is 0.419 e. The lowest BCUT2D eigenvalue weighted by molar-refractivity contribution is 0.141. The quantitative estimate of drug-likeness (QED) is 0.606. The predicted molar refractivity (Wildman–Crippen MR) is 74.7 cm³/mol. The summed E-state index contributed by atoms with van der Waals surface area (Å²) in [5.41, 5.74) is 0.874. The topological polar surface area (TPSA) is 27.7 Å². The zero-order valence-electron chi connectivity index (χ0n) is 11.4. The highest BCUT2D eigenvalue weighted by molar-refractivity contribution is 6.48. The molecule has 0 unspecified atom stereocenters. The Kier molecular flexibility index (Phi) is 9.27. The van der Waals surface area contributed by atoms with Crippen molar-refractivity contribution in [2.75, 3.05) is 13.2 Å². The fourth-order valence-corrected chi connectivity index (χ4v) is 5.92. The van der Waals surface area contributed by atoms with E-state index in [-0.39, 0.29) is 0 Å². The number of rotatable bonds is 9. The molecule has 101 valence electrons. The zero-order chi connectivity index (χ0) is 12.3. The second kappa shape index (κ2) is 10.3. The molecule has 0 amide bonds. The Hall–Kier alpha value is 0.314. The first kappa shape index (κ1) is 15.4. The first-order chi connectivity index (χ1) is 8.36. The molecule has 0 atom stereocenters. The largest absolute Gasteiger partial charge is 0.566 e. The van der Waals surface area contributed by atoms with Gasteiger partial charge in [-0.25, -0.2) is 0 Å². The molecule has 0 aromatic carbocycles. The Morgan fingerprint density at radius 1 is 1.00 bits per heavy atom. The van der Waals surface area contributed by atoms with Crippen LogP contribution in [-0.2, 0) is 13.0 Å². The van der Waals surface area contributed by atoms with Gasteiger partial charge in [-0.15, -0.1) is 0 Å². The summed E-state index contributed by atoms with van der Waals surface area (Å²) in [5.74, 6) is 0. The Labute approximate surface area is 110 Å². The third kappa shape index (κ3) is 7.36. The second-order valence-electron chi connectivity index (χ2n) is 4.76. The lowest BCUT2D eigenvalue weighted by Gasteiger charge is -2.22. The summed E-state index contributed by atoms with van der Waals surface area (Å²) in [5, 5.41) is 0. The average Bonchev–Trinajstić information content (AvgIpc) is 2.39. The van der Waals surface area contributed by atoms with E-state index in [0.29, 0.717) is 0 Å². The standard InChI is InChI=1S/C12H27O3Si2/c1-3-10-13-17(14-11-4-2)15-16-12-8-6-5-7-9-12/h12H,3-11,16H2,1-2H3. The Morgan fingerprint density at radius 3 is 2.12 bits per heavy atom. The second-order valence-corrected chi connectivity index (χ2v) is 8.48. The number of hydrogen-bond acceptors (Lipinski definition) is 3. The van der Waals surface area contributed by atoms with Crippen LogP contribution >= 0.6 is 0 Å². The molecule has 3 nitrogen and oxygen atoms in total. The lowest BCUT2D eigenvalue weighted by atomic mass is 10.0. The fourth-order valence-electron chi connectivity index (χ4n) is 2.04. The van der Waals surface area contributed by atoms with Gasteiger partial charge in [0.1, 0.15) is 0 Å². The SMILES string of the molecule is CCCO[Si](OCCC)O[SiH2]C1CCCCC1. The van der Waals surface area contributed by atoms with E-state index in [4.69, 9.17) is 13.0 Å². The van der Waals surface area contributed by atoms with Crippen LogP contribution in [0.15, 0.2) is 0 Å². The molecule has 5 heteroatoms. The minimum atomic E-state index is -1.41. The van der Waals surface area contributed by atoms with Gasteiger partial charge < -0.3 is 13.0 Å². The Balaban J connectivity index is 2.16. The van der Waals surface area contributed by atoms with Crippen molar-refractivity contribution >= 4 is 19.3 Å². The van der Waals surface area contributed by atoms with Crippen molar-refractivity contribution in [3.8, 4) is 0 Å². The number of hydrogen-bond donors (Lipinski definition) is 0. The van der Waals surface area contributed by atoms with Crippen LogP contribution in [0.25, 0.3) is 0 Å². The van der Waals surface area contributed by atoms with Gasteiger partial charge in [-0.1, -0.05) is 46.0 Å². The van der Waals surface area contributed by atoms with Gasteiger partial charge in [0.2, 0.25) is 0 Å². The molecule has 1 rings (SSSR count). The molecule has 1 radical (unpaired) electrons. The molecule has 0 bridgehead atoms. The Morgan fingerprint density at radius 2 is 1.59 bits per heavy atom. The first-order valence-electron chi connectivity index (χ1n) is 7.12. The molecule has 1 saturated carbocycles. The van der Waals surface area contributed by atoms with E-state index in [1.807, 2.05) is 0 Å². The Bertz CT molecular complexity index is 167. The maximum atomic E-state index is 5.98. The molecule has 0 heterocycles. The van der Waals surface area contributed by atoms with Crippen molar-refractivity contribution in [3.63, 3.8) is 0 Å². The molecule has 0 saturated heterocycles. The van der Waals surface area contributed by atoms with Gasteiger partial charge in [0, 0.05) is 13.2 Å². The molecule has 1 fully saturated rings. The summed E-state index contributed by atoms with van der Waals surface area (Å²) < 4.78 is 17.3. The van der Waals surface area contributed by atoms with Gasteiger partial charge in [0.25, 0.3) is 0 Å². The lowest BCUT2D eigenvalue weighted by Crippen LogP contribution is -2.31. The molecule has 0 N–H and O–H groups in total. The predicted octanol–water partition coefficient (Wildman–Crippen LogP) is 2.68.